The summed E-state index contributed by atoms with van der Waals surface area (Å²) in [6.45, 7) is 2.10. The lowest BCUT2D eigenvalue weighted by atomic mass is 10.1. The van der Waals surface area contributed by atoms with Gasteiger partial charge in [0.05, 0.1) is 6.42 Å². The number of aliphatic hydroxyl groups is 1. The first-order valence-electron chi connectivity index (χ1n) is 5.76. The molecule has 1 unspecified atom stereocenters. The van der Waals surface area contributed by atoms with E-state index >= 15 is 0 Å². The minimum atomic E-state index is -0.0160. The predicted molar refractivity (Wildman–Crippen MR) is 69.1 cm³/mol. The Bertz CT molecular complexity index is 368. The van der Waals surface area contributed by atoms with Gasteiger partial charge in [-0.25, -0.2) is 0 Å². The first kappa shape index (κ1) is 14.0. The maximum absolute atomic E-state index is 11.7. The van der Waals surface area contributed by atoms with Crippen molar-refractivity contribution in [1.29, 1.82) is 0 Å². The topological polar surface area (TPSA) is 49.3 Å². The Morgan fingerprint density at radius 1 is 1.53 bits per heavy atom. The molecule has 2 N–H and O–H groups in total. The number of amides is 1. The molecule has 1 rings (SSSR count). The molecule has 0 radical (unpaired) electrons. The molecule has 0 aliphatic heterocycles. The van der Waals surface area contributed by atoms with Crippen LogP contribution in [0.25, 0.3) is 0 Å². The van der Waals surface area contributed by atoms with Gasteiger partial charge in [0.25, 0.3) is 0 Å². The third-order valence-electron chi connectivity index (χ3n) is 2.46. The summed E-state index contributed by atoms with van der Waals surface area (Å²) in [6, 6.07) is 7.38. The summed E-state index contributed by atoms with van der Waals surface area (Å²) in [7, 11) is 0. The summed E-state index contributed by atoms with van der Waals surface area (Å²) in [5.74, 6) is -0.0160. The fourth-order valence-electron chi connectivity index (χ4n) is 1.63. The zero-order valence-corrected chi connectivity index (χ0v) is 10.7. The number of benzene rings is 1. The monoisotopic (exact) mass is 255 g/mol. The van der Waals surface area contributed by atoms with Crippen molar-refractivity contribution in [2.75, 3.05) is 6.61 Å². The zero-order valence-electron chi connectivity index (χ0n) is 9.95. The van der Waals surface area contributed by atoms with Crippen molar-refractivity contribution in [3.8, 4) is 0 Å². The molecular formula is C13H18ClNO2. The van der Waals surface area contributed by atoms with E-state index < -0.39 is 0 Å². The number of hydrogen-bond donors (Lipinski definition) is 2. The molecule has 17 heavy (non-hydrogen) atoms. The predicted octanol–water partition coefficient (Wildman–Crippen LogP) is 2.16. The van der Waals surface area contributed by atoms with Gasteiger partial charge in [-0.2, -0.15) is 0 Å². The highest BCUT2D eigenvalue weighted by atomic mass is 35.5. The summed E-state index contributed by atoms with van der Waals surface area (Å²) in [6.07, 6.45) is 1.83. The Labute approximate surface area is 107 Å². The van der Waals surface area contributed by atoms with Crippen molar-refractivity contribution in [2.24, 2.45) is 0 Å². The molecule has 4 heteroatoms. The molecular weight excluding hydrogens is 238 g/mol. The molecule has 94 valence electrons. The van der Waals surface area contributed by atoms with Gasteiger partial charge in [0, 0.05) is 17.7 Å². The van der Waals surface area contributed by atoms with Gasteiger partial charge in [-0.1, -0.05) is 23.7 Å². The van der Waals surface area contributed by atoms with Gasteiger partial charge < -0.3 is 10.4 Å². The highest BCUT2D eigenvalue weighted by molar-refractivity contribution is 6.30. The second-order valence-corrected chi connectivity index (χ2v) is 4.58. The number of rotatable bonds is 6. The van der Waals surface area contributed by atoms with Crippen molar-refractivity contribution < 1.29 is 9.90 Å². The van der Waals surface area contributed by atoms with E-state index in [4.69, 9.17) is 16.7 Å². The summed E-state index contributed by atoms with van der Waals surface area (Å²) >= 11 is 5.84. The van der Waals surface area contributed by atoms with Crippen LogP contribution in [0.5, 0.6) is 0 Å². The highest BCUT2D eigenvalue weighted by Crippen LogP contribution is 2.11. The molecule has 0 aliphatic carbocycles. The first-order chi connectivity index (χ1) is 8.11. The van der Waals surface area contributed by atoms with Gasteiger partial charge in [-0.3, -0.25) is 4.79 Å². The van der Waals surface area contributed by atoms with E-state index in [1.54, 1.807) is 12.1 Å². The van der Waals surface area contributed by atoms with Crippen LogP contribution in [0.1, 0.15) is 25.3 Å². The van der Waals surface area contributed by atoms with Crippen LogP contribution in [0.2, 0.25) is 5.02 Å². The van der Waals surface area contributed by atoms with E-state index in [2.05, 4.69) is 5.32 Å². The van der Waals surface area contributed by atoms with Crippen LogP contribution in [0.4, 0.5) is 0 Å². The maximum atomic E-state index is 11.7. The minimum absolute atomic E-state index is 0.0160. The second-order valence-electron chi connectivity index (χ2n) is 4.14. The van der Waals surface area contributed by atoms with Gasteiger partial charge >= 0.3 is 0 Å². The van der Waals surface area contributed by atoms with E-state index in [1.807, 2.05) is 19.1 Å². The first-order valence-corrected chi connectivity index (χ1v) is 6.14. The van der Waals surface area contributed by atoms with E-state index in [1.165, 1.54) is 0 Å². The van der Waals surface area contributed by atoms with Crippen molar-refractivity contribution in [3.05, 3.63) is 34.9 Å². The number of nitrogens with one attached hydrogen (secondary N) is 1. The Morgan fingerprint density at radius 2 is 2.29 bits per heavy atom. The van der Waals surface area contributed by atoms with Crippen LogP contribution in [-0.2, 0) is 11.2 Å². The zero-order chi connectivity index (χ0) is 12.7. The molecule has 0 bridgehead atoms. The standard InChI is InChI=1S/C13H18ClNO2/c1-10(4-3-7-16)15-13(17)9-11-5-2-6-12(14)8-11/h2,5-6,8,10,16H,3-4,7,9H2,1H3,(H,15,17). The number of carbonyl (C=O) groups is 1. The third kappa shape index (κ3) is 5.71. The molecule has 1 aromatic carbocycles. The molecule has 1 atom stereocenters. The molecule has 0 aromatic heterocycles. The Kier molecular flexibility index (Phi) is 6.01. The highest BCUT2D eigenvalue weighted by Gasteiger charge is 2.07. The smallest absolute Gasteiger partial charge is 0.224 e. The minimum Gasteiger partial charge on any atom is -0.396 e. The molecule has 0 aliphatic rings. The van der Waals surface area contributed by atoms with E-state index in [0.29, 0.717) is 17.9 Å². The van der Waals surface area contributed by atoms with Crippen molar-refractivity contribution in [3.63, 3.8) is 0 Å². The van der Waals surface area contributed by atoms with Gasteiger partial charge in [-0.05, 0) is 37.5 Å². The van der Waals surface area contributed by atoms with Crippen LogP contribution in [-0.4, -0.2) is 23.7 Å². The van der Waals surface area contributed by atoms with Crippen LogP contribution in [0, 0.1) is 0 Å². The normalized spacial score (nSPS) is 12.2. The quantitative estimate of drug-likeness (QED) is 0.819. The Morgan fingerprint density at radius 3 is 2.94 bits per heavy atom. The molecule has 0 spiro atoms. The number of hydrogen-bond acceptors (Lipinski definition) is 2. The second kappa shape index (κ2) is 7.30. The van der Waals surface area contributed by atoms with Crippen LogP contribution < -0.4 is 5.32 Å². The van der Waals surface area contributed by atoms with Gasteiger partial charge in [0.2, 0.25) is 5.91 Å². The maximum Gasteiger partial charge on any atom is 0.224 e. The Balaban J connectivity index is 2.39. The SMILES string of the molecule is CC(CCCO)NC(=O)Cc1cccc(Cl)c1. The summed E-state index contributed by atoms with van der Waals surface area (Å²) in [4.78, 5) is 11.7. The third-order valence-corrected chi connectivity index (χ3v) is 2.69. The molecule has 3 nitrogen and oxygen atoms in total. The van der Waals surface area contributed by atoms with Gasteiger partial charge in [-0.15, -0.1) is 0 Å². The lowest BCUT2D eigenvalue weighted by Gasteiger charge is -2.13. The lowest BCUT2D eigenvalue weighted by molar-refractivity contribution is -0.121. The Hall–Kier alpha value is -1.06. The number of aliphatic hydroxyl groups excluding tert-OH is 1. The molecule has 0 fully saturated rings. The average molecular weight is 256 g/mol. The van der Waals surface area contributed by atoms with Crippen molar-refractivity contribution >= 4 is 17.5 Å². The largest absolute Gasteiger partial charge is 0.396 e. The van der Waals surface area contributed by atoms with Crippen LogP contribution >= 0.6 is 11.6 Å². The van der Waals surface area contributed by atoms with E-state index in [0.717, 1.165) is 12.0 Å². The molecule has 1 aromatic rings. The number of carbonyl (C=O) groups excluding carboxylic acids is 1. The summed E-state index contributed by atoms with van der Waals surface area (Å²) < 4.78 is 0. The molecule has 0 saturated heterocycles. The molecule has 1 amide bonds. The lowest BCUT2D eigenvalue weighted by Crippen LogP contribution is -2.33. The van der Waals surface area contributed by atoms with Crippen molar-refractivity contribution in [1.82, 2.24) is 5.32 Å². The van der Waals surface area contributed by atoms with E-state index in [9.17, 15) is 4.79 Å². The van der Waals surface area contributed by atoms with Crippen LogP contribution in [0.3, 0.4) is 0 Å². The average Bonchev–Trinajstić information content (AvgIpc) is 2.26. The fourth-order valence-corrected chi connectivity index (χ4v) is 1.84. The summed E-state index contributed by atoms with van der Waals surface area (Å²) in [5, 5.41) is 12.2. The van der Waals surface area contributed by atoms with Gasteiger partial charge in [0.1, 0.15) is 0 Å². The molecule has 0 heterocycles. The summed E-state index contributed by atoms with van der Waals surface area (Å²) in [5.41, 5.74) is 0.907. The van der Waals surface area contributed by atoms with Gasteiger partial charge in [0.15, 0.2) is 0 Å². The van der Waals surface area contributed by atoms with Crippen LogP contribution in [0.15, 0.2) is 24.3 Å². The fraction of sp³-hybridized carbons (Fsp3) is 0.462. The number of halogens is 1. The van der Waals surface area contributed by atoms with Crippen molar-refractivity contribution in [2.45, 2.75) is 32.2 Å². The molecule has 0 saturated carbocycles. The van der Waals surface area contributed by atoms with E-state index in [-0.39, 0.29) is 18.6 Å².